The molecule has 4 aromatic rings. The zero-order valence-corrected chi connectivity index (χ0v) is 18.2. The van der Waals surface area contributed by atoms with Crippen LogP contribution in [0.3, 0.4) is 0 Å². The van der Waals surface area contributed by atoms with Crippen LogP contribution in [-0.2, 0) is 10.8 Å². The Labute approximate surface area is 203 Å². The van der Waals surface area contributed by atoms with Crippen LogP contribution in [-0.4, -0.2) is 0 Å². The minimum Gasteiger partial charge on any atom is -0.0680 e. The summed E-state index contributed by atoms with van der Waals surface area (Å²) >= 11 is 0. The summed E-state index contributed by atoms with van der Waals surface area (Å²) in [7, 11) is 0. The van der Waals surface area contributed by atoms with Gasteiger partial charge in [-0.1, -0.05) is 133 Å². The minimum absolute atomic E-state index is 0.0674. The summed E-state index contributed by atoms with van der Waals surface area (Å²) in [6.07, 6.45) is 5.56. The quantitative estimate of drug-likeness (QED) is 0.313. The van der Waals surface area contributed by atoms with Crippen molar-refractivity contribution in [2.75, 3.05) is 0 Å². The molecule has 158 valence electrons. The van der Waals surface area contributed by atoms with Crippen LogP contribution in [0.1, 0.15) is 35.5 Å². The Kier molecular flexibility index (Phi) is 3.04. The van der Waals surface area contributed by atoms with Gasteiger partial charge in [0.2, 0.25) is 0 Å². The van der Waals surface area contributed by atoms with Crippen molar-refractivity contribution < 1.29 is 6.85 Å². The van der Waals surface area contributed by atoms with E-state index in [1.807, 2.05) is 30.3 Å². The van der Waals surface area contributed by atoms with E-state index in [0.29, 0.717) is 11.5 Å². The van der Waals surface area contributed by atoms with E-state index in [2.05, 4.69) is 72.8 Å². The van der Waals surface area contributed by atoms with Crippen LogP contribution >= 0.6 is 0 Å². The Bertz CT molecular complexity index is 1610. The van der Waals surface area contributed by atoms with Gasteiger partial charge in [0, 0.05) is 16.7 Å². The number of fused-ring (bicyclic) bond motifs is 2. The second kappa shape index (κ2) is 6.93. The van der Waals surface area contributed by atoms with E-state index >= 15 is 0 Å². The smallest absolute Gasteiger partial charge is 0.0629 e. The minimum atomic E-state index is -0.374. The van der Waals surface area contributed by atoms with Gasteiger partial charge in [-0.3, -0.25) is 0 Å². The number of rotatable bonds is 4. The maximum atomic E-state index is 8.85. The summed E-state index contributed by atoms with van der Waals surface area (Å²) in [5.74, 6) is 0.243. The van der Waals surface area contributed by atoms with E-state index in [1.165, 1.54) is 16.7 Å². The lowest BCUT2D eigenvalue weighted by Gasteiger charge is -2.31. The lowest BCUT2D eigenvalue weighted by Crippen LogP contribution is -2.19. The fraction of sp³-hybridized carbons (Fsp3) is 0.152. The molecule has 0 saturated heterocycles. The monoisotopic (exact) mass is 427 g/mol. The fourth-order valence-corrected chi connectivity index (χ4v) is 6.79. The van der Waals surface area contributed by atoms with Crippen molar-refractivity contribution in [3.63, 3.8) is 0 Å². The van der Waals surface area contributed by atoms with Gasteiger partial charge < -0.3 is 0 Å². The predicted molar refractivity (Wildman–Crippen MR) is 137 cm³/mol. The Morgan fingerprint density at radius 1 is 0.576 bits per heavy atom. The van der Waals surface area contributed by atoms with Crippen LogP contribution in [0, 0.1) is 11.8 Å². The number of benzene rings is 4. The fourth-order valence-electron chi connectivity index (χ4n) is 6.79. The van der Waals surface area contributed by atoms with Gasteiger partial charge in [-0.05, 0) is 45.7 Å². The number of hydrogen-bond donors (Lipinski definition) is 0. The van der Waals surface area contributed by atoms with E-state index in [9.17, 15) is 0 Å². The van der Waals surface area contributed by atoms with Crippen molar-refractivity contribution in [2.24, 2.45) is 11.8 Å². The van der Waals surface area contributed by atoms with E-state index in [1.54, 1.807) is 0 Å². The normalized spacial score (nSPS) is 31.2. The summed E-state index contributed by atoms with van der Waals surface area (Å²) in [5.41, 5.74) is 5.23. The SMILES string of the molecule is [2H]c1c([2H])c([2H])c(C2=CC3(c4ccccc4)C4CC2C(c2ccccc2)=CC43c2ccccc2)c([2H])c1[2H]. The van der Waals surface area contributed by atoms with Crippen molar-refractivity contribution in [1.29, 1.82) is 0 Å². The largest absolute Gasteiger partial charge is 0.0680 e. The summed E-state index contributed by atoms with van der Waals surface area (Å²) in [6, 6.07) is 30.3. The molecule has 4 atom stereocenters. The molecule has 3 aliphatic carbocycles. The van der Waals surface area contributed by atoms with Gasteiger partial charge in [0.25, 0.3) is 0 Å². The van der Waals surface area contributed by atoms with Crippen molar-refractivity contribution in [1.82, 2.24) is 0 Å². The zero-order chi connectivity index (χ0) is 26.2. The molecule has 1 fully saturated rings. The molecule has 4 aromatic carbocycles. The highest BCUT2D eigenvalue weighted by molar-refractivity contribution is 5.91. The highest BCUT2D eigenvalue weighted by atomic mass is 14.8. The third kappa shape index (κ3) is 2.47. The Hall–Kier alpha value is -3.64. The number of allylic oxidation sites excluding steroid dienone is 4. The van der Waals surface area contributed by atoms with Crippen LogP contribution < -0.4 is 0 Å². The molecule has 0 N–H and O–H groups in total. The van der Waals surface area contributed by atoms with E-state index in [4.69, 9.17) is 6.85 Å². The van der Waals surface area contributed by atoms with Gasteiger partial charge in [-0.2, -0.15) is 0 Å². The summed E-state index contributed by atoms with van der Waals surface area (Å²) in [5, 5.41) is 0. The third-order valence-corrected chi connectivity index (χ3v) is 8.09. The summed E-state index contributed by atoms with van der Waals surface area (Å²) in [4.78, 5) is 0. The molecule has 0 spiro atoms. The van der Waals surface area contributed by atoms with Crippen LogP contribution in [0.15, 0.2) is 133 Å². The first-order valence-corrected chi connectivity index (χ1v) is 11.6. The second-order valence-corrected chi connectivity index (χ2v) is 9.38. The molecule has 0 nitrogen and oxygen atoms in total. The summed E-state index contributed by atoms with van der Waals surface area (Å²) < 4.78 is 42.7. The Balaban J connectivity index is 1.59. The standard InChI is InChI=1S/C33H26/c1-5-13-24(14-6-1)29-22-32(26-17-9-3-10-18-26)31-21-28(29)30(25-15-7-2-8-16-25)23-33(31,32)27-19-11-4-12-20-27/h1-20,22-23,28,31H,21H2/i1D,5D,6D,13D,14D. The molecule has 0 heterocycles. The lowest BCUT2D eigenvalue weighted by molar-refractivity contribution is 0.560. The molecule has 0 aliphatic heterocycles. The van der Waals surface area contributed by atoms with E-state index in [0.717, 1.165) is 17.6 Å². The van der Waals surface area contributed by atoms with Crippen LogP contribution in [0.25, 0.3) is 11.1 Å². The van der Waals surface area contributed by atoms with Crippen molar-refractivity contribution in [2.45, 2.75) is 17.3 Å². The zero-order valence-electron chi connectivity index (χ0n) is 23.2. The molecule has 3 aliphatic rings. The van der Waals surface area contributed by atoms with Crippen LogP contribution in [0.4, 0.5) is 0 Å². The molecule has 0 aromatic heterocycles. The maximum Gasteiger partial charge on any atom is 0.0629 e. The van der Waals surface area contributed by atoms with Crippen LogP contribution in [0.2, 0.25) is 0 Å². The van der Waals surface area contributed by atoms with Crippen molar-refractivity contribution in [3.8, 4) is 0 Å². The molecule has 33 heavy (non-hydrogen) atoms. The van der Waals surface area contributed by atoms with Crippen molar-refractivity contribution >= 4 is 11.1 Å². The molecular formula is C33H26. The molecule has 4 unspecified atom stereocenters. The summed E-state index contributed by atoms with van der Waals surface area (Å²) in [6.45, 7) is 0. The molecule has 7 rings (SSSR count). The molecule has 0 amide bonds. The lowest BCUT2D eigenvalue weighted by atomic mass is 9.72. The van der Waals surface area contributed by atoms with Gasteiger partial charge in [0.15, 0.2) is 0 Å². The van der Waals surface area contributed by atoms with Crippen molar-refractivity contribution in [3.05, 3.63) is 156 Å². The Morgan fingerprint density at radius 3 is 1.61 bits per heavy atom. The topological polar surface area (TPSA) is 0 Å². The Morgan fingerprint density at radius 2 is 1.06 bits per heavy atom. The average Bonchev–Trinajstić information content (AvgIpc) is 3.62. The molecule has 0 heteroatoms. The van der Waals surface area contributed by atoms with Gasteiger partial charge in [-0.25, -0.2) is 0 Å². The predicted octanol–water partition coefficient (Wildman–Crippen LogP) is 7.69. The molecule has 1 saturated carbocycles. The molecule has 2 bridgehead atoms. The van der Waals surface area contributed by atoms with Gasteiger partial charge in [0.05, 0.1) is 6.85 Å². The second-order valence-electron chi connectivity index (χ2n) is 9.38. The van der Waals surface area contributed by atoms with E-state index in [-0.39, 0.29) is 47.0 Å². The average molecular weight is 428 g/mol. The van der Waals surface area contributed by atoms with Gasteiger partial charge in [0.1, 0.15) is 0 Å². The van der Waals surface area contributed by atoms with Crippen LogP contribution in [0.5, 0.6) is 0 Å². The first-order valence-electron chi connectivity index (χ1n) is 14.1. The molecular weight excluding hydrogens is 396 g/mol. The molecule has 0 radical (unpaired) electrons. The highest BCUT2D eigenvalue weighted by Gasteiger charge is 2.78. The highest BCUT2D eigenvalue weighted by Crippen LogP contribution is 2.79. The number of hydrogen-bond acceptors (Lipinski definition) is 0. The maximum absolute atomic E-state index is 8.85. The van der Waals surface area contributed by atoms with Gasteiger partial charge in [-0.15, -0.1) is 0 Å². The van der Waals surface area contributed by atoms with Gasteiger partial charge >= 0.3 is 0 Å². The third-order valence-electron chi connectivity index (χ3n) is 8.09. The first kappa shape index (κ1) is 14.5. The van der Waals surface area contributed by atoms with E-state index < -0.39 is 0 Å². The first-order chi connectivity index (χ1) is 18.4.